The molecular formula is C11H8BrFN2O4. The second-order valence-corrected chi connectivity index (χ2v) is 4.38. The Morgan fingerprint density at radius 1 is 1.53 bits per heavy atom. The van der Waals surface area contributed by atoms with Gasteiger partial charge in [-0.15, -0.1) is 0 Å². The van der Waals surface area contributed by atoms with E-state index in [1.165, 1.54) is 18.2 Å². The molecule has 8 heteroatoms. The van der Waals surface area contributed by atoms with Gasteiger partial charge in [0, 0.05) is 5.56 Å². The number of hydrogen-bond donors (Lipinski definition) is 1. The van der Waals surface area contributed by atoms with Crippen molar-refractivity contribution in [2.45, 2.75) is 6.61 Å². The summed E-state index contributed by atoms with van der Waals surface area (Å²) in [6, 6.07) is 4.30. The van der Waals surface area contributed by atoms with Gasteiger partial charge in [-0.25, -0.2) is 9.18 Å². The van der Waals surface area contributed by atoms with Crippen molar-refractivity contribution in [3.8, 4) is 11.4 Å². The zero-order valence-electron chi connectivity index (χ0n) is 9.47. The number of ether oxygens (including phenoxy) is 1. The van der Waals surface area contributed by atoms with Crippen molar-refractivity contribution in [3.05, 3.63) is 34.4 Å². The van der Waals surface area contributed by atoms with Crippen LogP contribution in [0.2, 0.25) is 0 Å². The number of hydrogen-bond acceptors (Lipinski definition) is 5. The molecule has 0 aliphatic carbocycles. The molecule has 0 fully saturated rings. The fourth-order valence-electron chi connectivity index (χ4n) is 1.29. The van der Waals surface area contributed by atoms with Gasteiger partial charge in [0.15, 0.2) is 0 Å². The molecule has 0 bridgehead atoms. The summed E-state index contributed by atoms with van der Waals surface area (Å²) in [6.07, 6.45) is 0. The first kappa shape index (κ1) is 13.6. The van der Waals surface area contributed by atoms with Gasteiger partial charge in [-0.2, -0.15) is 4.98 Å². The maximum Gasteiger partial charge on any atom is 0.329 e. The van der Waals surface area contributed by atoms with Crippen LogP contribution < -0.4 is 0 Å². The SMILES string of the molecule is O=C(O)COCc1nc(-c2ccc(F)c(Br)c2)no1. The molecule has 0 aliphatic heterocycles. The van der Waals surface area contributed by atoms with Gasteiger partial charge < -0.3 is 14.4 Å². The van der Waals surface area contributed by atoms with E-state index in [2.05, 4.69) is 26.1 Å². The minimum atomic E-state index is -1.08. The molecule has 100 valence electrons. The quantitative estimate of drug-likeness (QED) is 0.904. The van der Waals surface area contributed by atoms with Crippen LogP contribution in [0.5, 0.6) is 0 Å². The van der Waals surface area contributed by atoms with Crippen molar-refractivity contribution >= 4 is 21.9 Å². The Labute approximate surface area is 115 Å². The Bertz CT molecular complexity index is 602. The van der Waals surface area contributed by atoms with Gasteiger partial charge in [-0.05, 0) is 34.1 Å². The van der Waals surface area contributed by atoms with Crippen LogP contribution in [0.4, 0.5) is 4.39 Å². The normalized spacial score (nSPS) is 10.6. The second kappa shape index (κ2) is 5.89. The summed E-state index contributed by atoms with van der Waals surface area (Å²) < 4.78 is 23.1. The highest BCUT2D eigenvalue weighted by molar-refractivity contribution is 9.10. The van der Waals surface area contributed by atoms with Crippen molar-refractivity contribution in [1.82, 2.24) is 10.1 Å². The number of carbonyl (C=O) groups is 1. The van der Waals surface area contributed by atoms with E-state index >= 15 is 0 Å². The lowest BCUT2D eigenvalue weighted by Gasteiger charge is -1.97. The highest BCUT2D eigenvalue weighted by atomic mass is 79.9. The van der Waals surface area contributed by atoms with E-state index in [1.54, 1.807) is 0 Å². The van der Waals surface area contributed by atoms with Gasteiger partial charge in [0.25, 0.3) is 5.89 Å². The van der Waals surface area contributed by atoms with Crippen LogP contribution in [-0.2, 0) is 16.1 Å². The van der Waals surface area contributed by atoms with Gasteiger partial charge in [0.2, 0.25) is 5.82 Å². The van der Waals surface area contributed by atoms with Crippen molar-refractivity contribution < 1.29 is 23.6 Å². The lowest BCUT2D eigenvalue weighted by atomic mass is 10.2. The Kier molecular flexibility index (Phi) is 4.23. The summed E-state index contributed by atoms with van der Waals surface area (Å²) in [5.41, 5.74) is 0.571. The Morgan fingerprint density at radius 2 is 2.32 bits per heavy atom. The highest BCUT2D eigenvalue weighted by Crippen LogP contribution is 2.23. The topological polar surface area (TPSA) is 85.5 Å². The van der Waals surface area contributed by atoms with Gasteiger partial charge in [-0.3, -0.25) is 0 Å². The molecule has 0 spiro atoms. The number of benzene rings is 1. The molecule has 0 radical (unpaired) electrons. The van der Waals surface area contributed by atoms with Crippen molar-refractivity contribution in [3.63, 3.8) is 0 Å². The molecule has 0 aliphatic rings. The first-order valence-electron chi connectivity index (χ1n) is 5.14. The molecular weight excluding hydrogens is 323 g/mol. The second-order valence-electron chi connectivity index (χ2n) is 3.53. The lowest BCUT2D eigenvalue weighted by Crippen LogP contribution is -2.06. The molecule has 19 heavy (non-hydrogen) atoms. The zero-order chi connectivity index (χ0) is 13.8. The van der Waals surface area contributed by atoms with Crippen molar-refractivity contribution in [2.75, 3.05) is 6.61 Å². The molecule has 6 nitrogen and oxygen atoms in total. The van der Waals surface area contributed by atoms with Gasteiger partial charge in [0.05, 0.1) is 4.47 Å². The third kappa shape index (κ3) is 3.58. The Morgan fingerprint density at radius 3 is 3.00 bits per heavy atom. The Balaban J connectivity index is 2.07. The van der Waals surface area contributed by atoms with Crippen LogP contribution in [0.15, 0.2) is 27.2 Å². The molecule has 1 N–H and O–H groups in total. The number of nitrogens with zero attached hydrogens (tertiary/aromatic N) is 2. The van der Waals surface area contributed by atoms with Crippen molar-refractivity contribution in [2.24, 2.45) is 0 Å². The summed E-state index contributed by atoms with van der Waals surface area (Å²) in [5, 5.41) is 12.1. The fraction of sp³-hybridized carbons (Fsp3) is 0.182. The zero-order valence-corrected chi connectivity index (χ0v) is 11.1. The summed E-state index contributed by atoms with van der Waals surface area (Å²) in [4.78, 5) is 14.3. The lowest BCUT2D eigenvalue weighted by molar-refractivity contribution is -0.142. The molecule has 2 rings (SSSR count). The average Bonchev–Trinajstić information content (AvgIpc) is 2.81. The number of halogens is 2. The number of carboxylic acids is 1. The van der Waals surface area contributed by atoms with E-state index in [1.807, 2.05) is 0 Å². The molecule has 0 saturated heterocycles. The molecule has 1 aromatic carbocycles. The van der Waals surface area contributed by atoms with Crippen LogP contribution >= 0.6 is 15.9 Å². The molecule has 1 aromatic heterocycles. The summed E-state index contributed by atoms with van der Waals surface area (Å²) >= 11 is 3.06. The predicted octanol–water partition coefficient (Wildman–Crippen LogP) is 2.24. The fourth-order valence-corrected chi connectivity index (χ4v) is 1.67. The standard InChI is InChI=1S/C11H8BrFN2O4/c12-7-3-6(1-2-8(7)13)11-14-9(19-15-11)4-18-5-10(16)17/h1-3H,4-5H2,(H,16,17). The summed E-state index contributed by atoms with van der Waals surface area (Å²) in [7, 11) is 0. The predicted molar refractivity (Wildman–Crippen MR) is 64.7 cm³/mol. The third-order valence-corrected chi connectivity index (χ3v) is 2.70. The van der Waals surface area contributed by atoms with Crippen LogP contribution in [0.3, 0.4) is 0 Å². The number of carboxylic acid groups (broad SMARTS) is 1. The summed E-state index contributed by atoms with van der Waals surface area (Å²) in [6.45, 7) is -0.540. The molecule has 1 heterocycles. The number of aromatic nitrogens is 2. The van der Waals surface area contributed by atoms with E-state index in [0.29, 0.717) is 10.0 Å². The largest absolute Gasteiger partial charge is 0.480 e. The molecule has 2 aromatic rings. The number of rotatable bonds is 5. The highest BCUT2D eigenvalue weighted by Gasteiger charge is 2.11. The number of aliphatic carboxylic acids is 1. The summed E-state index contributed by atoms with van der Waals surface area (Å²) in [5.74, 6) is -1.05. The van der Waals surface area contributed by atoms with Crippen LogP contribution in [0, 0.1) is 5.82 Å². The first-order chi connectivity index (χ1) is 9.06. The monoisotopic (exact) mass is 330 g/mol. The van der Waals surface area contributed by atoms with Crippen LogP contribution in [0.25, 0.3) is 11.4 Å². The van der Waals surface area contributed by atoms with E-state index in [0.717, 1.165) is 0 Å². The van der Waals surface area contributed by atoms with E-state index in [-0.39, 0.29) is 18.3 Å². The molecule has 0 unspecified atom stereocenters. The van der Waals surface area contributed by atoms with Crippen LogP contribution in [0.1, 0.15) is 5.89 Å². The maximum atomic E-state index is 13.1. The molecule has 0 amide bonds. The minimum absolute atomic E-state index is 0.0956. The van der Waals surface area contributed by atoms with Gasteiger partial charge in [-0.1, -0.05) is 5.16 Å². The first-order valence-corrected chi connectivity index (χ1v) is 5.93. The minimum Gasteiger partial charge on any atom is -0.480 e. The van der Waals surface area contributed by atoms with Crippen molar-refractivity contribution in [1.29, 1.82) is 0 Å². The maximum absolute atomic E-state index is 13.1. The molecule has 0 atom stereocenters. The smallest absolute Gasteiger partial charge is 0.329 e. The van der Waals surface area contributed by atoms with E-state index < -0.39 is 18.4 Å². The third-order valence-electron chi connectivity index (χ3n) is 2.10. The van der Waals surface area contributed by atoms with Gasteiger partial charge >= 0.3 is 5.97 Å². The average molecular weight is 331 g/mol. The Hall–Kier alpha value is -1.80. The van der Waals surface area contributed by atoms with Crippen LogP contribution in [-0.4, -0.2) is 27.8 Å². The van der Waals surface area contributed by atoms with E-state index in [4.69, 9.17) is 14.4 Å². The van der Waals surface area contributed by atoms with Gasteiger partial charge in [0.1, 0.15) is 19.0 Å². The van der Waals surface area contributed by atoms with E-state index in [9.17, 15) is 9.18 Å². The molecule has 0 saturated carbocycles.